The van der Waals surface area contributed by atoms with Crippen LogP contribution in [0.3, 0.4) is 0 Å². The van der Waals surface area contributed by atoms with E-state index in [9.17, 15) is 4.79 Å². The van der Waals surface area contributed by atoms with Gasteiger partial charge in [0, 0.05) is 38.4 Å². The fraction of sp³-hybridized carbons (Fsp3) is 0.579. The largest absolute Gasteiger partial charge is 0.335 e. The molecule has 3 heterocycles. The van der Waals surface area contributed by atoms with Crippen LogP contribution in [-0.4, -0.2) is 58.1 Å². The van der Waals surface area contributed by atoms with Crippen LogP contribution in [0.15, 0.2) is 24.4 Å². The zero-order valence-corrected chi connectivity index (χ0v) is 15.2. The van der Waals surface area contributed by atoms with E-state index >= 15 is 0 Å². The molecule has 25 heavy (non-hydrogen) atoms. The van der Waals surface area contributed by atoms with Crippen molar-refractivity contribution in [1.82, 2.24) is 20.0 Å². The fourth-order valence-corrected chi connectivity index (χ4v) is 6.01. The lowest BCUT2D eigenvalue weighted by molar-refractivity contribution is 0.0499. The van der Waals surface area contributed by atoms with Gasteiger partial charge in [-0.25, -0.2) is 0 Å². The number of piperazine rings is 1. The predicted molar refractivity (Wildman–Crippen MR) is 98.6 cm³/mol. The van der Waals surface area contributed by atoms with Crippen LogP contribution in [0, 0.1) is 11.8 Å². The number of fused-ring (bicyclic) bond motifs is 2. The monoisotopic (exact) mass is 356 g/mol. The molecule has 2 aromatic rings. The van der Waals surface area contributed by atoms with E-state index in [2.05, 4.69) is 15.1 Å². The molecule has 5 rings (SSSR count). The molecular weight excluding hydrogens is 332 g/mol. The summed E-state index contributed by atoms with van der Waals surface area (Å²) in [6.45, 7) is 3.81. The number of nitrogens with one attached hydrogen (secondary N) is 1. The third kappa shape index (κ3) is 2.81. The molecule has 132 valence electrons. The molecule has 0 spiro atoms. The minimum Gasteiger partial charge on any atom is -0.335 e. The zero-order valence-electron chi connectivity index (χ0n) is 14.4. The Kier molecular flexibility index (Phi) is 3.90. The number of carbonyl (C=O) groups is 1. The lowest BCUT2D eigenvalue weighted by Gasteiger charge is -2.40. The molecule has 0 unspecified atom stereocenters. The zero-order chi connectivity index (χ0) is 16.8. The smallest absolute Gasteiger partial charge is 0.264 e. The second-order valence-electron chi connectivity index (χ2n) is 7.70. The summed E-state index contributed by atoms with van der Waals surface area (Å²) in [6, 6.07) is 6.70. The quantitative estimate of drug-likeness (QED) is 0.919. The molecule has 2 bridgehead atoms. The van der Waals surface area contributed by atoms with Gasteiger partial charge in [-0.1, -0.05) is 6.42 Å². The summed E-state index contributed by atoms with van der Waals surface area (Å²) in [5, 5.41) is 6.95. The van der Waals surface area contributed by atoms with Crippen molar-refractivity contribution in [3.05, 3.63) is 29.3 Å². The summed E-state index contributed by atoms with van der Waals surface area (Å²) in [5.41, 5.74) is 0.977. The van der Waals surface area contributed by atoms with Crippen molar-refractivity contribution < 1.29 is 4.79 Å². The van der Waals surface area contributed by atoms with Crippen molar-refractivity contribution in [3.8, 4) is 10.6 Å². The second-order valence-corrected chi connectivity index (χ2v) is 8.79. The Morgan fingerprint density at radius 3 is 2.68 bits per heavy atom. The average Bonchev–Trinajstić information content (AvgIpc) is 3.45. The number of thiophene rings is 1. The predicted octanol–water partition coefficient (Wildman–Crippen LogP) is 3.08. The molecule has 6 heteroatoms. The summed E-state index contributed by atoms with van der Waals surface area (Å²) >= 11 is 1.55. The lowest BCUT2D eigenvalue weighted by Crippen LogP contribution is -2.53. The van der Waals surface area contributed by atoms with E-state index in [1.54, 1.807) is 17.5 Å². The maximum Gasteiger partial charge on any atom is 0.264 e. The minimum atomic E-state index is 0.184. The Morgan fingerprint density at radius 1 is 1.12 bits per heavy atom. The van der Waals surface area contributed by atoms with Crippen molar-refractivity contribution >= 4 is 17.2 Å². The molecule has 1 amide bonds. The first-order valence-electron chi connectivity index (χ1n) is 9.41. The first kappa shape index (κ1) is 15.6. The summed E-state index contributed by atoms with van der Waals surface area (Å²) in [5.74, 6) is 2.10. The number of aromatic nitrogens is 2. The van der Waals surface area contributed by atoms with Gasteiger partial charge in [-0.05, 0) is 49.3 Å². The van der Waals surface area contributed by atoms with Crippen LogP contribution in [0.25, 0.3) is 10.6 Å². The number of nitrogens with zero attached hydrogens (tertiary/aromatic N) is 3. The van der Waals surface area contributed by atoms with E-state index in [4.69, 9.17) is 0 Å². The van der Waals surface area contributed by atoms with Crippen LogP contribution in [0.5, 0.6) is 0 Å². The van der Waals surface area contributed by atoms with E-state index in [0.717, 1.165) is 59.5 Å². The topological polar surface area (TPSA) is 52.2 Å². The van der Waals surface area contributed by atoms with Gasteiger partial charge in [0.25, 0.3) is 5.91 Å². The molecule has 1 N–H and O–H groups in total. The van der Waals surface area contributed by atoms with Gasteiger partial charge in [0.2, 0.25) is 0 Å². The Labute approximate surface area is 152 Å². The third-order valence-corrected chi connectivity index (χ3v) is 7.46. The third-order valence-electron chi connectivity index (χ3n) is 6.35. The molecule has 0 radical (unpaired) electrons. The molecule has 3 fully saturated rings. The van der Waals surface area contributed by atoms with Crippen molar-refractivity contribution in [2.75, 3.05) is 26.2 Å². The standard InChI is InChI=1S/C19H24N4OS/c24-19(18-4-3-17(25-18)15-5-6-20-21-15)23-9-7-22(8-10-23)16-12-13-1-2-14(16)11-13/h3-6,13-14,16H,1-2,7-12H2,(H,20,21)/t13-,14+,16-/m1/s1. The van der Waals surface area contributed by atoms with Crippen molar-refractivity contribution in [3.63, 3.8) is 0 Å². The van der Waals surface area contributed by atoms with Crippen molar-refractivity contribution in [2.24, 2.45) is 11.8 Å². The highest BCUT2D eigenvalue weighted by Crippen LogP contribution is 2.46. The Hall–Kier alpha value is -1.66. The summed E-state index contributed by atoms with van der Waals surface area (Å²) in [6.07, 6.45) is 7.48. The maximum atomic E-state index is 12.8. The number of hydrogen-bond donors (Lipinski definition) is 1. The normalized spacial score (nSPS) is 29.4. The van der Waals surface area contributed by atoms with E-state index in [1.165, 1.54) is 25.7 Å². The Morgan fingerprint density at radius 2 is 2.00 bits per heavy atom. The summed E-state index contributed by atoms with van der Waals surface area (Å²) < 4.78 is 0. The molecule has 3 atom stereocenters. The molecule has 2 saturated carbocycles. The minimum absolute atomic E-state index is 0.184. The molecule has 1 saturated heterocycles. The van der Waals surface area contributed by atoms with Gasteiger partial charge in [-0.15, -0.1) is 11.3 Å². The van der Waals surface area contributed by atoms with Gasteiger partial charge in [0.1, 0.15) is 0 Å². The highest BCUT2D eigenvalue weighted by atomic mass is 32.1. The van der Waals surface area contributed by atoms with Gasteiger partial charge in [0.05, 0.1) is 15.4 Å². The first-order chi connectivity index (χ1) is 12.3. The number of H-pyrrole nitrogens is 1. The van der Waals surface area contributed by atoms with Gasteiger partial charge in [-0.3, -0.25) is 14.8 Å². The van der Waals surface area contributed by atoms with E-state index in [0.29, 0.717) is 0 Å². The molecule has 3 aliphatic rings. The van der Waals surface area contributed by atoms with Crippen molar-refractivity contribution in [1.29, 1.82) is 0 Å². The number of amides is 1. The number of carbonyl (C=O) groups excluding carboxylic acids is 1. The number of rotatable bonds is 3. The molecular formula is C19H24N4OS. The van der Waals surface area contributed by atoms with Gasteiger partial charge >= 0.3 is 0 Å². The van der Waals surface area contributed by atoms with E-state index in [-0.39, 0.29) is 5.91 Å². The molecule has 5 nitrogen and oxygen atoms in total. The van der Waals surface area contributed by atoms with E-state index < -0.39 is 0 Å². The summed E-state index contributed by atoms with van der Waals surface area (Å²) in [4.78, 5) is 19.4. The van der Waals surface area contributed by atoms with Gasteiger partial charge in [-0.2, -0.15) is 5.10 Å². The Bertz CT molecular complexity index is 747. The average molecular weight is 356 g/mol. The summed E-state index contributed by atoms with van der Waals surface area (Å²) in [7, 11) is 0. The van der Waals surface area contributed by atoms with Crippen LogP contribution < -0.4 is 0 Å². The molecule has 1 aliphatic heterocycles. The molecule has 2 aliphatic carbocycles. The second kappa shape index (κ2) is 6.25. The molecule has 2 aromatic heterocycles. The van der Waals surface area contributed by atoms with Crippen molar-refractivity contribution in [2.45, 2.75) is 31.7 Å². The van der Waals surface area contributed by atoms with Crippen LogP contribution in [-0.2, 0) is 0 Å². The Balaban J connectivity index is 1.21. The first-order valence-corrected chi connectivity index (χ1v) is 10.2. The van der Waals surface area contributed by atoms with Gasteiger partial charge in [0.15, 0.2) is 0 Å². The van der Waals surface area contributed by atoms with Crippen LogP contribution in [0.2, 0.25) is 0 Å². The highest BCUT2D eigenvalue weighted by Gasteiger charge is 2.43. The lowest BCUT2D eigenvalue weighted by atomic mass is 9.93. The van der Waals surface area contributed by atoms with E-state index in [1.807, 2.05) is 23.1 Å². The maximum absolute atomic E-state index is 12.8. The number of hydrogen-bond acceptors (Lipinski definition) is 4. The fourth-order valence-electron chi connectivity index (χ4n) is 5.06. The van der Waals surface area contributed by atoms with Crippen LogP contribution >= 0.6 is 11.3 Å². The van der Waals surface area contributed by atoms with Gasteiger partial charge < -0.3 is 4.90 Å². The molecule has 0 aromatic carbocycles. The highest BCUT2D eigenvalue weighted by molar-refractivity contribution is 7.17. The van der Waals surface area contributed by atoms with Crippen LogP contribution in [0.4, 0.5) is 0 Å². The number of aromatic amines is 1. The SMILES string of the molecule is O=C(c1ccc(-c2ccn[nH]2)s1)N1CCN([C@@H]2C[C@@H]3CC[C@H]2C3)CC1. The van der Waals surface area contributed by atoms with Crippen LogP contribution in [0.1, 0.15) is 35.4 Å².